The lowest BCUT2D eigenvalue weighted by atomic mass is 9.69. The lowest BCUT2D eigenvalue weighted by Crippen LogP contribution is -2.32. The fourth-order valence-electron chi connectivity index (χ4n) is 7.41. The summed E-state index contributed by atoms with van der Waals surface area (Å²) in [5.41, 5.74) is 11.0. The van der Waals surface area contributed by atoms with Crippen LogP contribution in [-0.4, -0.2) is 23.6 Å². The van der Waals surface area contributed by atoms with Crippen molar-refractivity contribution >= 4 is 22.9 Å². The Hall–Kier alpha value is -5.61. The maximum absolute atomic E-state index is 5.76. The summed E-state index contributed by atoms with van der Waals surface area (Å²) in [4.78, 5) is 12.6. The Morgan fingerprint density at radius 2 is 1.21 bits per heavy atom. The number of aromatic nitrogens is 1. The maximum atomic E-state index is 5.76. The zero-order valence-corrected chi connectivity index (χ0v) is 28.0. The molecule has 0 N–H and O–H groups in total. The Morgan fingerprint density at radius 1 is 0.625 bits per heavy atom. The van der Waals surface area contributed by atoms with Crippen LogP contribution in [-0.2, 0) is 10.8 Å². The molecule has 5 aromatic carbocycles. The minimum Gasteiger partial charge on any atom is -0.361 e. The molecular formula is C44H40N4. The van der Waals surface area contributed by atoms with Crippen molar-refractivity contribution in [1.82, 2.24) is 9.88 Å². The molecule has 2 aliphatic rings. The van der Waals surface area contributed by atoms with Gasteiger partial charge in [-0.15, -0.1) is 0 Å². The number of anilines is 4. The molecule has 0 saturated heterocycles. The van der Waals surface area contributed by atoms with Crippen LogP contribution in [0.25, 0.3) is 11.1 Å². The van der Waals surface area contributed by atoms with E-state index in [1.165, 1.54) is 33.4 Å². The predicted molar refractivity (Wildman–Crippen MR) is 199 cm³/mol. The van der Waals surface area contributed by atoms with Crippen molar-refractivity contribution in [3.8, 4) is 11.1 Å². The van der Waals surface area contributed by atoms with Gasteiger partial charge in [-0.05, 0) is 87.3 Å². The van der Waals surface area contributed by atoms with Crippen LogP contribution in [0.4, 0.5) is 22.9 Å². The number of para-hydroxylation sites is 2. The summed E-state index contributed by atoms with van der Waals surface area (Å²) in [5.74, 6) is 0.899. The van der Waals surface area contributed by atoms with E-state index >= 15 is 0 Å². The number of pyridine rings is 1. The summed E-state index contributed by atoms with van der Waals surface area (Å²) < 4.78 is 0. The molecule has 0 amide bonds. The number of rotatable bonds is 6. The first kappa shape index (κ1) is 29.8. The van der Waals surface area contributed by atoms with E-state index < -0.39 is 5.41 Å². The second-order valence-electron chi connectivity index (χ2n) is 13.9. The summed E-state index contributed by atoms with van der Waals surface area (Å²) in [6.07, 6.45) is 4.29. The molecule has 236 valence electrons. The minimum atomic E-state index is -0.645. The van der Waals surface area contributed by atoms with E-state index in [2.05, 4.69) is 201 Å². The smallest absolute Gasteiger partial charge is 0.138 e. The van der Waals surface area contributed by atoms with Crippen LogP contribution in [0.2, 0.25) is 0 Å². The van der Waals surface area contributed by atoms with Crippen LogP contribution in [0.1, 0.15) is 48.7 Å². The molecule has 4 nitrogen and oxygen atoms in total. The van der Waals surface area contributed by atoms with Gasteiger partial charge in [0.1, 0.15) is 5.82 Å². The Bertz CT molecular complexity index is 2040. The molecule has 0 saturated carbocycles. The van der Waals surface area contributed by atoms with E-state index in [0.717, 1.165) is 35.2 Å². The van der Waals surface area contributed by atoms with E-state index in [1.54, 1.807) is 0 Å². The Labute approximate surface area is 284 Å². The highest BCUT2D eigenvalue weighted by Crippen LogP contribution is 2.56. The molecule has 2 heterocycles. The molecule has 0 radical (unpaired) electrons. The average molecular weight is 625 g/mol. The van der Waals surface area contributed by atoms with Gasteiger partial charge in [-0.25, -0.2) is 4.98 Å². The molecule has 0 unspecified atom stereocenters. The van der Waals surface area contributed by atoms with Gasteiger partial charge in [-0.2, -0.15) is 0 Å². The van der Waals surface area contributed by atoms with Gasteiger partial charge in [-0.1, -0.05) is 118 Å². The van der Waals surface area contributed by atoms with Gasteiger partial charge in [0, 0.05) is 36.5 Å². The first-order chi connectivity index (χ1) is 23.3. The largest absolute Gasteiger partial charge is 0.361 e. The first-order valence-corrected chi connectivity index (χ1v) is 16.7. The lowest BCUT2D eigenvalue weighted by Gasteiger charge is -2.36. The van der Waals surface area contributed by atoms with Gasteiger partial charge in [0.25, 0.3) is 0 Å². The van der Waals surface area contributed by atoms with Crippen molar-refractivity contribution in [2.45, 2.75) is 31.6 Å². The van der Waals surface area contributed by atoms with Crippen molar-refractivity contribution in [3.05, 3.63) is 186 Å². The van der Waals surface area contributed by atoms with Crippen molar-refractivity contribution < 1.29 is 0 Å². The Balaban J connectivity index is 1.46. The van der Waals surface area contributed by atoms with E-state index in [4.69, 9.17) is 4.98 Å². The van der Waals surface area contributed by atoms with Gasteiger partial charge in [-0.3, -0.25) is 4.90 Å². The number of hydrogen-bond acceptors (Lipinski definition) is 4. The molecule has 1 aromatic heterocycles. The number of nitrogens with zero attached hydrogens (tertiary/aromatic N) is 4. The summed E-state index contributed by atoms with van der Waals surface area (Å²) >= 11 is 0. The van der Waals surface area contributed by atoms with Crippen molar-refractivity contribution in [2.75, 3.05) is 23.5 Å². The molecule has 0 atom stereocenters. The van der Waals surface area contributed by atoms with E-state index in [9.17, 15) is 0 Å². The Kier molecular flexibility index (Phi) is 7.18. The minimum absolute atomic E-state index is 0.128. The summed E-state index contributed by atoms with van der Waals surface area (Å²) in [5, 5.41) is 0. The third-order valence-corrected chi connectivity index (χ3v) is 9.76. The normalized spacial score (nSPS) is 14.6. The molecule has 1 aliphatic heterocycles. The standard InChI is InChI=1S/C44H40N4/c1-43(2,3)33-29-41(45-42(30-33)48(34-17-7-5-8-18-34)35-19-9-6-10-20-35)44(32-16-15-21-36(28-32)47-27-26-46(4)31-47)39-24-13-11-22-37(39)38-23-12-14-25-40(38)44/h5-30H,31H2,1-4H3. The highest BCUT2D eigenvalue weighted by molar-refractivity contribution is 5.86. The molecular weight excluding hydrogens is 585 g/mol. The lowest BCUT2D eigenvalue weighted by molar-refractivity contribution is 0.495. The van der Waals surface area contributed by atoms with Crippen LogP contribution in [0.15, 0.2) is 158 Å². The first-order valence-electron chi connectivity index (χ1n) is 16.7. The fourth-order valence-corrected chi connectivity index (χ4v) is 7.41. The van der Waals surface area contributed by atoms with Crippen LogP contribution in [0.3, 0.4) is 0 Å². The summed E-state index contributed by atoms with van der Waals surface area (Å²) in [7, 11) is 2.11. The van der Waals surface area contributed by atoms with E-state index in [1.807, 2.05) is 0 Å². The molecule has 0 spiro atoms. The number of benzene rings is 5. The summed E-state index contributed by atoms with van der Waals surface area (Å²) in [6, 6.07) is 52.7. The number of hydrogen-bond donors (Lipinski definition) is 0. The average Bonchev–Trinajstić information content (AvgIpc) is 3.69. The van der Waals surface area contributed by atoms with Crippen LogP contribution < -0.4 is 9.80 Å². The maximum Gasteiger partial charge on any atom is 0.138 e. The van der Waals surface area contributed by atoms with Crippen molar-refractivity contribution in [3.63, 3.8) is 0 Å². The van der Waals surface area contributed by atoms with E-state index in [0.29, 0.717) is 0 Å². The monoisotopic (exact) mass is 624 g/mol. The molecule has 0 fully saturated rings. The zero-order chi connectivity index (χ0) is 32.9. The van der Waals surface area contributed by atoms with Gasteiger partial charge < -0.3 is 9.80 Å². The third-order valence-electron chi connectivity index (χ3n) is 9.76. The molecule has 6 aromatic rings. The second kappa shape index (κ2) is 11.6. The Morgan fingerprint density at radius 3 is 1.77 bits per heavy atom. The van der Waals surface area contributed by atoms with Crippen LogP contribution >= 0.6 is 0 Å². The number of fused-ring (bicyclic) bond motifs is 3. The van der Waals surface area contributed by atoms with Crippen molar-refractivity contribution in [1.29, 1.82) is 0 Å². The fraction of sp³-hybridized carbons (Fsp3) is 0.159. The van der Waals surface area contributed by atoms with E-state index in [-0.39, 0.29) is 5.41 Å². The molecule has 1 aliphatic carbocycles. The predicted octanol–water partition coefficient (Wildman–Crippen LogP) is 10.4. The van der Waals surface area contributed by atoms with Gasteiger partial charge in [0.05, 0.1) is 17.8 Å². The quantitative estimate of drug-likeness (QED) is 0.184. The van der Waals surface area contributed by atoms with Gasteiger partial charge in [0.15, 0.2) is 0 Å². The topological polar surface area (TPSA) is 22.6 Å². The molecule has 4 heteroatoms. The third kappa shape index (κ3) is 4.87. The zero-order valence-electron chi connectivity index (χ0n) is 28.0. The second-order valence-corrected chi connectivity index (χ2v) is 13.9. The highest BCUT2D eigenvalue weighted by atomic mass is 15.3. The highest BCUT2D eigenvalue weighted by Gasteiger charge is 2.48. The van der Waals surface area contributed by atoms with Gasteiger partial charge >= 0.3 is 0 Å². The van der Waals surface area contributed by atoms with Crippen LogP contribution in [0, 0.1) is 0 Å². The summed E-state index contributed by atoms with van der Waals surface area (Å²) in [6.45, 7) is 7.70. The molecule has 0 bridgehead atoms. The molecule has 48 heavy (non-hydrogen) atoms. The SMILES string of the molecule is CN1C=CN(c2cccc(C3(c4cc(C(C)(C)C)cc(N(c5ccccc5)c5ccccc5)n4)c4ccccc4-c4ccccc43)c2)C1. The van der Waals surface area contributed by atoms with Crippen molar-refractivity contribution in [2.24, 2.45) is 0 Å². The van der Waals surface area contributed by atoms with Gasteiger partial charge in [0.2, 0.25) is 0 Å². The van der Waals surface area contributed by atoms with Crippen LogP contribution in [0.5, 0.6) is 0 Å². The molecule has 8 rings (SSSR count).